The molecular formula is C17H12N2S2. The second-order valence-electron chi connectivity index (χ2n) is 4.47. The molecule has 0 saturated carbocycles. The molecule has 0 radical (unpaired) electrons. The summed E-state index contributed by atoms with van der Waals surface area (Å²) in [6, 6.07) is 20.1. The summed E-state index contributed by atoms with van der Waals surface area (Å²) in [5.74, 6) is 0.831. The molecule has 2 aromatic carbocycles. The van der Waals surface area contributed by atoms with Crippen LogP contribution in [0, 0.1) is 11.3 Å². The zero-order valence-electron chi connectivity index (χ0n) is 11.2. The Hall–Kier alpha value is -2.09. The summed E-state index contributed by atoms with van der Waals surface area (Å²) in [5, 5.41) is 11.0. The SMILES string of the molecule is N#Cc1cccc(CSc2nc(-c3ccccc3)cs2)c1. The van der Waals surface area contributed by atoms with Gasteiger partial charge in [0.05, 0.1) is 17.3 Å². The third-order valence-electron chi connectivity index (χ3n) is 2.97. The van der Waals surface area contributed by atoms with Crippen molar-refractivity contribution in [1.82, 2.24) is 4.98 Å². The lowest BCUT2D eigenvalue weighted by Crippen LogP contribution is -1.82. The molecule has 0 unspecified atom stereocenters. The van der Waals surface area contributed by atoms with Crippen LogP contribution in [0.25, 0.3) is 11.3 Å². The maximum atomic E-state index is 8.91. The molecule has 102 valence electrons. The molecule has 0 spiro atoms. The van der Waals surface area contributed by atoms with Crippen LogP contribution >= 0.6 is 23.1 Å². The zero-order valence-corrected chi connectivity index (χ0v) is 12.8. The van der Waals surface area contributed by atoms with Gasteiger partial charge in [-0.1, -0.05) is 54.2 Å². The van der Waals surface area contributed by atoms with Gasteiger partial charge in [-0.3, -0.25) is 0 Å². The number of hydrogen-bond donors (Lipinski definition) is 0. The molecule has 3 rings (SSSR count). The number of thioether (sulfide) groups is 1. The standard InChI is InChI=1S/C17H12N2S2/c18-10-13-5-4-6-14(9-13)11-20-17-19-16(12-21-17)15-7-2-1-3-8-15/h1-9,12H,11H2. The van der Waals surface area contributed by atoms with Crippen molar-refractivity contribution in [2.45, 2.75) is 10.1 Å². The summed E-state index contributed by atoms with van der Waals surface area (Å²) in [6.45, 7) is 0. The van der Waals surface area contributed by atoms with Crippen molar-refractivity contribution in [3.8, 4) is 17.3 Å². The maximum absolute atomic E-state index is 8.91. The van der Waals surface area contributed by atoms with Crippen molar-refractivity contribution in [2.75, 3.05) is 0 Å². The second kappa shape index (κ2) is 6.57. The molecule has 0 atom stereocenters. The first-order valence-electron chi connectivity index (χ1n) is 6.48. The van der Waals surface area contributed by atoms with E-state index in [-0.39, 0.29) is 0 Å². The minimum absolute atomic E-state index is 0.706. The van der Waals surface area contributed by atoms with E-state index in [1.165, 1.54) is 0 Å². The molecule has 0 fully saturated rings. The van der Waals surface area contributed by atoms with Gasteiger partial charge in [0.15, 0.2) is 4.34 Å². The lowest BCUT2D eigenvalue weighted by Gasteiger charge is -1.99. The van der Waals surface area contributed by atoms with Crippen LogP contribution in [0.3, 0.4) is 0 Å². The van der Waals surface area contributed by atoms with Gasteiger partial charge < -0.3 is 0 Å². The van der Waals surface area contributed by atoms with Crippen LogP contribution in [0.4, 0.5) is 0 Å². The van der Waals surface area contributed by atoms with Gasteiger partial charge in [-0.05, 0) is 17.7 Å². The second-order valence-corrected chi connectivity index (χ2v) is 6.55. The van der Waals surface area contributed by atoms with Gasteiger partial charge in [0, 0.05) is 16.7 Å². The lowest BCUT2D eigenvalue weighted by atomic mass is 10.2. The van der Waals surface area contributed by atoms with Crippen molar-refractivity contribution in [1.29, 1.82) is 5.26 Å². The van der Waals surface area contributed by atoms with Crippen LogP contribution < -0.4 is 0 Å². The molecule has 0 amide bonds. The van der Waals surface area contributed by atoms with Gasteiger partial charge in [-0.25, -0.2) is 4.98 Å². The van der Waals surface area contributed by atoms with E-state index in [0.29, 0.717) is 5.56 Å². The molecule has 0 saturated heterocycles. The highest BCUT2D eigenvalue weighted by atomic mass is 32.2. The third kappa shape index (κ3) is 3.52. The van der Waals surface area contributed by atoms with Crippen molar-refractivity contribution < 1.29 is 0 Å². The van der Waals surface area contributed by atoms with Gasteiger partial charge >= 0.3 is 0 Å². The molecule has 2 nitrogen and oxygen atoms in total. The molecule has 21 heavy (non-hydrogen) atoms. The van der Waals surface area contributed by atoms with E-state index in [1.54, 1.807) is 23.1 Å². The average molecular weight is 308 g/mol. The smallest absolute Gasteiger partial charge is 0.150 e. The van der Waals surface area contributed by atoms with E-state index in [4.69, 9.17) is 5.26 Å². The Labute approximate surface area is 132 Å². The summed E-state index contributed by atoms with van der Waals surface area (Å²) in [7, 11) is 0. The minimum Gasteiger partial charge on any atom is -0.230 e. The summed E-state index contributed by atoms with van der Waals surface area (Å²) in [4.78, 5) is 4.65. The van der Waals surface area contributed by atoms with Crippen LogP contribution in [0.15, 0.2) is 64.3 Å². The quantitative estimate of drug-likeness (QED) is 0.638. The molecule has 3 aromatic rings. The number of rotatable bonds is 4. The van der Waals surface area contributed by atoms with E-state index in [9.17, 15) is 0 Å². The van der Waals surface area contributed by atoms with Crippen LogP contribution in [-0.4, -0.2) is 4.98 Å². The number of hydrogen-bond acceptors (Lipinski definition) is 4. The van der Waals surface area contributed by atoms with E-state index in [2.05, 4.69) is 28.6 Å². The highest BCUT2D eigenvalue weighted by molar-refractivity contribution is 8.00. The normalized spacial score (nSPS) is 10.2. The Balaban J connectivity index is 1.69. The summed E-state index contributed by atoms with van der Waals surface area (Å²) in [5.41, 5.74) is 4.02. The number of aromatic nitrogens is 1. The molecule has 0 aliphatic heterocycles. The first kappa shape index (κ1) is 13.9. The molecular weight excluding hydrogens is 296 g/mol. The first-order valence-corrected chi connectivity index (χ1v) is 8.34. The fourth-order valence-electron chi connectivity index (χ4n) is 1.94. The van der Waals surface area contributed by atoms with Crippen LogP contribution in [0.1, 0.15) is 11.1 Å². The third-order valence-corrected chi connectivity index (χ3v) is 5.06. The number of benzene rings is 2. The maximum Gasteiger partial charge on any atom is 0.150 e. The van der Waals surface area contributed by atoms with Crippen molar-refractivity contribution in [2.24, 2.45) is 0 Å². The van der Waals surface area contributed by atoms with Gasteiger partial charge in [-0.2, -0.15) is 5.26 Å². The molecule has 0 aliphatic carbocycles. The van der Waals surface area contributed by atoms with E-state index < -0.39 is 0 Å². The monoisotopic (exact) mass is 308 g/mol. The van der Waals surface area contributed by atoms with Gasteiger partial charge in [0.2, 0.25) is 0 Å². The fraction of sp³-hybridized carbons (Fsp3) is 0.0588. The van der Waals surface area contributed by atoms with E-state index >= 15 is 0 Å². The van der Waals surface area contributed by atoms with Crippen molar-refractivity contribution in [3.63, 3.8) is 0 Å². The summed E-state index contributed by atoms with van der Waals surface area (Å²) in [6.07, 6.45) is 0. The highest BCUT2D eigenvalue weighted by Gasteiger charge is 2.05. The zero-order chi connectivity index (χ0) is 14.5. The average Bonchev–Trinajstić information content (AvgIpc) is 3.03. The number of nitrogens with zero attached hydrogens (tertiary/aromatic N) is 2. The number of thiazole rings is 1. The molecule has 0 N–H and O–H groups in total. The highest BCUT2D eigenvalue weighted by Crippen LogP contribution is 2.30. The molecule has 0 bridgehead atoms. The van der Waals surface area contributed by atoms with Gasteiger partial charge in [0.1, 0.15) is 0 Å². The fourth-order valence-corrected chi connectivity index (χ4v) is 3.72. The Morgan fingerprint density at radius 3 is 2.76 bits per heavy atom. The van der Waals surface area contributed by atoms with E-state index in [1.807, 2.05) is 42.5 Å². The largest absolute Gasteiger partial charge is 0.230 e. The van der Waals surface area contributed by atoms with Gasteiger partial charge in [-0.15, -0.1) is 11.3 Å². The Morgan fingerprint density at radius 1 is 1.10 bits per heavy atom. The Morgan fingerprint density at radius 2 is 1.95 bits per heavy atom. The van der Waals surface area contributed by atoms with Crippen LogP contribution in [0.2, 0.25) is 0 Å². The first-order chi connectivity index (χ1) is 10.3. The molecule has 1 heterocycles. The predicted octanol–water partition coefficient (Wildman–Crippen LogP) is 4.97. The van der Waals surface area contributed by atoms with Crippen LogP contribution in [-0.2, 0) is 5.75 Å². The van der Waals surface area contributed by atoms with Gasteiger partial charge in [0.25, 0.3) is 0 Å². The molecule has 1 aromatic heterocycles. The molecule has 4 heteroatoms. The van der Waals surface area contributed by atoms with Crippen molar-refractivity contribution in [3.05, 3.63) is 71.1 Å². The molecule has 0 aliphatic rings. The minimum atomic E-state index is 0.706. The Bertz CT molecular complexity index is 773. The van der Waals surface area contributed by atoms with E-state index in [0.717, 1.165) is 26.9 Å². The Kier molecular flexibility index (Phi) is 4.34. The number of nitriles is 1. The summed E-state index contributed by atoms with van der Waals surface area (Å²) >= 11 is 3.37. The lowest BCUT2D eigenvalue weighted by molar-refractivity contribution is 1.24. The topological polar surface area (TPSA) is 36.7 Å². The summed E-state index contributed by atoms with van der Waals surface area (Å²) < 4.78 is 1.05. The van der Waals surface area contributed by atoms with Crippen LogP contribution in [0.5, 0.6) is 0 Å². The predicted molar refractivity (Wildman–Crippen MR) is 88.3 cm³/mol. The van der Waals surface area contributed by atoms with Crippen molar-refractivity contribution >= 4 is 23.1 Å².